The number of ether oxygens (including phenoxy) is 4. The third kappa shape index (κ3) is 5.28. The van der Waals surface area contributed by atoms with E-state index in [4.69, 9.17) is 18.9 Å². The van der Waals surface area contributed by atoms with E-state index in [9.17, 15) is 14.4 Å². The number of hydrogen-bond donors (Lipinski definition) is 0. The van der Waals surface area contributed by atoms with Gasteiger partial charge in [0.25, 0.3) is 0 Å². The van der Waals surface area contributed by atoms with E-state index >= 15 is 0 Å². The molecule has 0 N–H and O–H groups in total. The minimum Gasteiger partial charge on any atom is -0.466 e. The van der Waals surface area contributed by atoms with E-state index < -0.39 is 11.9 Å². The summed E-state index contributed by atoms with van der Waals surface area (Å²) in [6.07, 6.45) is 6.54. The smallest absolute Gasteiger partial charge is 0.307 e. The van der Waals surface area contributed by atoms with Gasteiger partial charge >= 0.3 is 17.9 Å². The van der Waals surface area contributed by atoms with Gasteiger partial charge in [0.1, 0.15) is 12.4 Å². The summed E-state index contributed by atoms with van der Waals surface area (Å²) in [5, 5.41) is 0. The normalized spacial score (nSPS) is 35.8. The molecule has 3 aliphatic rings. The van der Waals surface area contributed by atoms with Crippen molar-refractivity contribution in [2.24, 2.45) is 22.7 Å². The lowest BCUT2D eigenvalue weighted by atomic mass is 9.44. The van der Waals surface area contributed by atoms with Crippen LogP contribution in [0.25, 0.3) is 0 Å². The molecular weight excluding hydrogens is 424 g/mol. The van der Waals surface area contributed by atoms with Crippen LogP contribution in [0.1, 0.15) is 86.5 Å². The van der Waals surface area contributed by atoms with Crippen LogP contribution in [0.5, 0.6) is 0 Å². The molecule has 0 bridgehead atoms. The average Bonchev–Trinajstić information content (AvgIpc) is 3.50. The van der Waals surface area contributed by atoms with E-state index in [1.807, 2.05) is 0 Å². The zero-order chi connectivity index (χ0) is 24.4. The fourth-order valence-corrected chi connectivity index (χ4v) is 6.57. The van der Waals surface area contributed by atoms with Gasteiger partial charge in [-0.1, -0.05) is 27.2 Å². The quantitative estimate of drug-likeness (QED) is 0.222. The van der Waals surface area contributed by atoms with Crippen molar-refractivity contribution in [3.05, 3.63) is 11.3 Å². The number of hydrogen-bond acceptors (Lipinski definition) is 7. The van der Waals surface area contributed by atoms with E-state index in [0.717, 1.165) is 38.7 Å². The van der Waals surface area contributed by atoms with Crippen molar-refractivity contribution >= 4 is 17.9 Å². The lowest BCUT2D eigenvalue weighted by Crippen LogP contribution is -2.56. The third-order valence-corrected chi connectivity index (χ3v) is 8.76. The van der Waals surface area contributed by atoms with Crippen LogP contribution in [-0.4, -0.2) is 43.3 Å². The van der Waals surface area contributed by atoms with Gasteiger partial charge in [0.05, 0.1) is 18.8 Å². The van der Waals surface area contributed by atoms with Crippen molar-refractivity contribution in [2.75, 3.05) is 19.8 Å². The van der Waals surface area contributed by atoms with Crippen molar-refractivity contribution in [3.63, 3.8) is 0 Å². The molecule has 1 aliphatic heterocycles. The fourth-order valence-electron chi connectivity index (χ4n) is 6.57. The van der Waals surface area contributed by atoms with Crippen molar-refractivity contribution in [2.45, 2.75) is 92.1 Å². The molecule has 1 heterocycles. The second kappa shape index (κ2) is 9.77. The summed E-state index contributed by atoms with van der Waals surface area (Å²) < 4.78 is 22.3. The maximum Gasteiger partial charge on any atom is 0.307 e. The molecule has 33 heavy (non-hydrogen) atoms. The SMILES string of the molecule is CC(=O)OCC/C(COC(C)=O)=C(\CC1(C)C(C)CCC2(C)C1CCCC21CO1)OC(C)=O. The van der Waals surface area contributed by atoms with Crippen LogP contribution in [0.2, 0.25) is 0 Å². The molecule has 2 aliphatic carbocycles. The first-order valence-corrected chi connectivity index (χ1v) is 12.2. The van der Waals surface area contributed by atoms with Crippen molar-refractivity contribution in [1.29, 1.82) is 0 Å². The van der Waals surface area contributed by atoms with Crippen LogP contribution in [-0.2, 0) is 33.3 Å². The van der Waals surface area contributed by atoms with Crippen molar-refractivity contribution < 1.29 is 33.3 Å². The van der Waals surface area contributed by atoms with Gasteiger partial charge in [0, 0.05) is 44.6 Å². The van der Waals surface area contributed by atoms with Gasteiger partial charge < -0.3 is 18.9 Å². The molecular formula is C26H40O7. The van der Waals surface area contributed by atoms with Crippen molar-refractivity contribution in [1.82, 2.24) is 0 Å². The van der Waals surface area contributed by atoms with Gasteiger partial charge in [-0.2, -0.15) is 0 Å². The standard InChI is InChI=1S/C26H40O7/c1-17-9-12-25(6)23(8-7-11-26(25)16-32-26)24(17,5)14-22(33-20(4)29)21(15-31-19(3)28)10-13-30-18(2)27/h17,23H,7-16H2,1-6H3/b22-21-. The van der Waals surface area contributed by atoms with Crippen LogP contribution in [0.4, 0.5) is 0 Å². The molecule has 0 radical (unpaired) electrons. The summed E-state index contributed by atoms with van der Waals surface area (Å²) in [7, 11) is 0. The van der Waals surface area contributed by atoms with Crippen LogP contribution in [0.3, 0.4) is 0 Å². The van der Waals surface area contributed by atoms with Gasteiger partial charge in [-0.05, 0) is 42.9 Å². The molecule has 0 aromatic rings. The average molecular weight is 465 g/mol. The Labute approximate surface area is 197 Å². The molecule has 3 rings (SSSR count). The Bertz CT molecular complexity index is 811. The Kier molecular flexibility index (Phi) is 7.62. The molecule has 5 unspecified atom stereocenters. The van der Waals surface area contributed by atoms with Crippen LogP contribution in [0, 0.1) is 22.7 Å². The predicted molar refractivity (Wildman–Crippen MR) is 122 cm³/mol. The van der Waals surface area contributed by atoms with E-state index in [-0.39, 0.29) is 35.6 Å². The lowest BCUT2D eigenvalue weighted by Gasteiger charge is -2.60. The first-order valence-electron chi connectivity index (χ1n) is 12.2. The highest BCUT2D eigenvalue weighted by molar-refractivity contribution is 5.68. The van der Waals surface area contributed by atoms with Gasteiger partial charge in [-0.15, -0.1) is 0 Å². The first kappa shape index (κ1) is 25.7. The zero-order valence-corrected chi connectivity index (χ0v) is 21.1. The summed E-state index contributed by atoms with van der Waals surface area (Å²) in [6.45, 7) is 12.1. The molecule has 3 fully saturated rings. The Morgan fingerprint density at radius 1 is 0.970 bits per heavy atom. The van der Waals surface area contributed by atoms with Gasteiger partial charge in [0.2, 0.25) is 0 Å². The number of fused-ring (bicyclic) bond motifs is 2. The molecule has 7 nitrogen and oxygen atoms in total. The Morgan fingerprint density at radius 2 is 1.64 bits per heavy atom. The Balaban J connectivity index is 1.96. The number of rotatable bonds is 8. The highest BCUT2D eigenvalue weighted by Gasteiger charge is 2.67. The molecule has 0 amide bonds. The van der Waals surface area contributed by atoms with Crippen LogP contribution in [0.15, 0.2) is 11.3 Å². The maximum absolute atomic E-state index is 12.1. The van der Waals surface area contributed by atoms with Gasteiger partial charge in [0.15, 0.2) is 0 Å². The number of carbonyl (C=O) groups excluding carboxylic acids is 3. The topological polar surface area (TPSA) is 91.4 Å². The molecule has 7 heteroatoms. The largest absolute Gasteiger partial charge is 0.466 e. The Morgan fingerprint density at radius 3 is 2.21 bits per heavy atom. The zero-order valence-electron chi connectivity index (χ0n) is 21.1. The lowest BCUT2D eigenvalue weighted by molar-refractivity contribution is -0.144. The minimum atomic E-state index is -0.410. The summed E-state index contributed by atoms with van der Waals surface area (Å²) in [4.78, 5) is 34.9. The van der Waals surface area contributed by atoms with Gasteiger partial charge in [-0.25, -0.2) is 0 Å². The summed E-state index contributed by atoms with van der Waals surface area (Å²) in [5.74, 6) is 0.213. The van der Waals surface area contributed by atoms with Gasteiger partial charge in [-0.3, -0.25) is 14.4 Å². The van der Waals surface area contributed by atoms with E-state index in [0.29, 0.717) is 36.0 Å². The number of allylic oxidation sites excluding steroid dienone is 1. The molecule has 0 aromatic heterocycles. The minimum absolute atomic E-state index is 0.00146. The van der Waals surface area contributed by atoms with Crippen molar-refractivity contribution in [3.8, 4) is 0 Å². The highest BCUT2D eigenvalue weighted by Crippen LogP contribution is 2.68. The molecule has 5 atom stereocenters. The summed E-state index contributed by atoms with van der Waals surface area (Å²) in [6, 6.07) is 0. The second-order valence-electron chi connectivity index (χ2n) is 10.8. The Hall–Kier alpha value is -1.89. The van der Waals surface area contributed by atoms with E-state index in [1.54, 1.807) is 0 Å². The highest BCUT2D eigenvalue weighted by atomic mass is 16.6. The molecule has 1 spiro atoms. The molecule has 186 valence electrons. The number of carbonyl (C=O) groups is 3. The number of esters is 3. The van der Waals surface area contributed by atoms with Crippen LogP contribution >= 0.6 is 0 Å². The first-order chi connectivity index (χ1) is 15.4. The third-order valence-electron chi connectivity index (χ3n) is 8.76. The van der Waals surface area contributed by atoms with E-state index in [2.05, 4.69) is 20.8 Å². The summed E-state index contributed by atoms with van der Waals surface area (Å²) in [5.41, 5.74) is 0.677. The van der Waals surface area contributed by atoms with E-state index in [1.165, 1.54) is 20.8 Å². The molecule has 0 aromatic carbocycles. The maximum atomic E-state index is 12.1. The molecule has 1 saturated heterocycles. The summed E-state index contributed by atoms with van der Waals surface area (Å²) >= 11 is 0. The fraction of sp³-hybridized carbons (Fsp3) is 0.808. The predicted octanol–water partition coefficient (Wildman–Crippen LogP) is 4.72. The molecule has 2 saturated carbocycles. The second-order valence-corrected chi connectivity index (χ2v) is 10.8. The monoisotopic (exact) mass is 464 g/mol. The van der Waals surface area contributed by atoms with Crippen LogP contribution < -0.4 is 0 Å². The number of epoxide rings is 1.